The molecule has 2 aromatic carbocycles. The van der Waals surface area contributed by atoms with Crippen LogP contribution in [-0.2, 0) is 5.33 Å². The smallest absolute Gasteiger partial charge is 0.132 e. The summed E-state index contributed by atoms with van der Waals surface area (Å²) in [6, 6.07) is 12.0. The van der Waals surface area contributed by atoms with Gasteiger partial charge in [0.1, 0.15) is 11.5 Å². The lowest BCUT2D eigenvalue weighted by atomic mass is 10.2. The first-order chi connectivity index (χ1) is 8.60. The number of hydrogen-bond donors (Lipinski definition) is 0. The summed E-state index contributed by atoms with van der Waals surface area (Å²) in [7, 11) is 0. The number of alkyl halides is 1. The summed E-state index contributed by atoms with van der Waals surface area (Å²) < 4.78 is 8.03. The van der Waals surface area contributed by atoms with E-state index in [1.165, 1.54) is 0 Å². The molecule has 18 heavy (non-hydrogen) atoms. The maximum Gasteiger partial charge on any atom is 0.132 e. The van der Waals surface area contributed by atoms with Gasteiger partial charge in [0.15, 0.2) is 0 Å². The van der Waals surface area contributed by atoms with Gasteiger partial charge in [0.05, 0.1) is 0 Å². The molecule has 0 aliphatic heterocycles. The quantitative estimate of drug-likeness (QED) is 0.522. The maximum atomic E-state index is 5.94. The van der Waals surface area contributed by atoms with E-state index in [0.717, 1.165) is 36.9 Å². The molecule has 0 spiro atoms. The molecule has 0 aliphatic carbocycles. The molecular weight excluding hydrogens is 424 g/mol. The molecule has 4 heteroatoms. The van der Waals surface area contributed by atoms with Gasteiger partial charge in [-0.15, -0.1) is 0 Å². The molecule has 0 aromatic heterocycles. The Balaban J connectivity index is 2.33. The third kappa shape index (κ3) is 3.37. The van der Waals surface area contributed by atoms with E-state index in [9.17, 15) is 0 Å². The van der Waals surface area contributed by atoms with Gasteiger partial charge in [-0.05, 0) is 42.8 Å². The Morgan fingerprint density at radius 2 is 1.83 bits per heavy atom. The van der Waals surface area contributed by atoms with Crippen molar-refractivity contribution in [1.29, 1.82) is 0 Å². The van der Waals surface area contributed by atoms with Crippen molar-refractivity contribution in [3.63, 3.8) is 0 Å². The minimum atomic E-state index is 0.769. The highest BCUT2D eigenvalue weighted by atomic mass is 79.9. The Morgan fingerprint density at radius 3 is 2.50 bits per heavy atom. The Morgan fingerprint density at radius 1 is 1.06 bits per heavy atom. The molecular formula is C14H11Br3O. The normalized spacial score (nSPS) is 10.4. The van der Waals surface area contributed by atoms with Crippen LogP contribution < -0.4 is 4.74 Å². The number of hydrogen-bond acceptors (Lipinski definition) is 1. The maximum absolute atomic E-state index is 5.94. The molecule has 2 rings (SSSR count). The lowest BCUT2D eigenvalue weighted by molar-refractivity contribution is 0.478. The first kappa shape index (κ1) is 14.1. The molecule has 94 valence electrons. The zero-order chi connectivity index (χ0) is 13.1. The summed E-state index contributed by atoms with van der Waals surface area (Å²) >= 11 is 10.4. The van der Waals surface area contributed by atoms with Crippen LogP contribution in [-0.4, -0.2) is 0 Å². The molecule has 0 unspecified atom stereocenters. The van der Waals surface area contributed by atoms with Crippen LogP contribution in [0.2, 0.25) is 0 Å². The summed E-state index contributed by atoms with van der Waals surface area (Å²) in [5, 5.41) is 0.769. The van der Waals surface area contributed by atoms with Gasteiger partial charge in [-0.1, -0.05) is 53.9 Å². The van der Waals surface area contributed by atoms with Crippen molar-refractivity contribution >= 4 is 47.8 Å². The lowest BCUT2D eigenvalue weighted by Gasteiger charge is -2.11. The summed E-state index contributed by atoms with van der Waals surface area (Å²) in [5.41, 5.74) is 2.28. The van der Waals surface area contributed by atoms with Gasteiger partial charge in [0, 0.05) is 19.8 Å². The Labute approximate surface area is 132 Å². The van der Waals surface area contributed by atoms with Crippen molar-refractivity contribution in [2.45, 2.75) is 12.3 Å². The molecule has 0 saturated heterocycles. The SMILES string of the molecule is Cc1cc(Oc2cc(Br)ccc2CBr)ccc1Br. The van der Waals surface area contributed by atoms with E-state index in [-0.39, 0.29) is 0 Å². The van der Waals surface area contributed by atoms with Gasteiger partial charge in [0.25, 0.3) is 0 Å². The summed E-state index contributed by atoms with van der Waals surface area (Å²) in [4.78, 5) is 0. The van der Waals surface area contributed by atoms with Crippen molar-refractivity contribution in [3.8, 4) is 11.5 Å². The van der Waals surface area contributed by atoms with Crippen molar-refractivity contribution in [3.05, 3.63) is 56.5 Å². The van der Waals surface area contributed by atoms with Crippen molar-refractivity contribution in [2.75, 3.05) is 0 Å². The van der Waals surface area contributed by atoms with Crippen LogP contribution in [0, 0.1) is 6.92 Å². The fraction of sp³-hybridized carbons (Fsp3) is 0.143. The van der Waals surface area contributed by atoms with Crippen molar-refractivity contribution < 1.29 is 4.74 Å². The van der Waals surface area contributed by atoms with Gasteiger partial charge in [-0.2, -0.15) is 0 Å². The highest BCUT2D eigenvalue weighted by molar-refractivity contribution is 9.10. The molecule has 0 heterocycles. The van der Waals surface area contributed by atoms with Gasteiger partial charge in [-0.3, -0.25) is 0 Å². The zero-order valence-electron chi connectivity index (χ0n) is 9.71. The Bertz CT molecular complexity index is 567. The molecule has 0 amide bonds. The van der Waals surface area contributed by atoms with Crippen molar-refractivity contribution in [2.24, 2.45) is 0 Å². The average Bonchev–Trinajstić information content (AvgIpc) is 2.34. The third-order valence-corrected chi connectivity index (χ3v) is 4.52. The Hall–Kier alpha value is -0.320. The van der Waals surface area contributed by atoms with E-state index in [2.05, 4.69) is 47.8 Å². The largest absolute Gasteiger partial charge is 0.457 e. The fourth-order valence-electron chi connectivity index (χ4n) is 1.54. The van der Waals surface area contributed by atoms with E-state index >= 15 is 0 Å². The molecule has 0 saturated carbocycles. The van der Waals surface area contributed by atoms with Crippen LogP contribution in [0.25, 0.3) is 0 Å². The van der Waals surface area contributed by atoms with E-state index < -0.39 is 0 Å². The van der Waals surface area contributed by atoms with Crippen LogP contribution in [0.5, 0.6) is 11.5 Å². The van der Waals surface area contributed by atoms with Crippen LogP contribution in [0.4, 0.5) is 0 Å². The van der Waals surface area contributed by atoms with E-state index in [4.69, 9.17) is 4.74 Å². The predicted octanol–water partition coefficient (Wildman–Crippen LogP) is 6.21. The number of ether oxygens (including phenoxy) is 1. The summed E-state index contributed by atoms with van der Waals surface area (Å²) in [5.74, 6) is 1.71. The lowest BCUT2D eigenvalue weighted by Crippen LogP contribution is -1.90. The molecule has 1 nitrogen and oxygen atoms in total. The van der Waals surface area contributed by atoms with E-state index in [0.29, 0.717) is 0 Å². The van der Waals surface area contributed by atoms with Gasteiger partial charge in [0.2, 0.25) is 0 Å². The zero-order valence-corrected chi connectivity index (χ0v) is 14.5. The topological polar surface area (TPSA) is 9.23 Å². The molecule has 0 N–H and O–H groups in total. The highest BCUT2D eigenvalue weighted by Crippen LogP contribution is 2.31. The predicted molar refractivity (Wildman–Crippen MR) is 85.7 cm³/mol. The number of halogens is 3. The number of rotatable bonds is 3. The van der Waals surface area contributed by atoms with Crippen LogP contribution in [0.3, 0.4) is 0 Å². The first-order valence-corrected chi connectivity index (χ1v) is 8.09. The van der Waals surface area contributed by atoms with E-state index in [1.54, 1.807) is 0 Å². The minimum Gasteiger partial charge on any atom is -0.457 e. The molecule has 2 aromatic rings. The molecule has 0 fully saturated rings. The van der Waals surface area contributed by atoms with Crippen LogP contribution in [0.15, 0.2) is 45.3 Å². The third-order valence-electron chi connectivity index (χ3n) is 2.53. The monoisotopic (exact) mass is 432 g/mol. The highest BCUT2D eigenvalue weighted by Gasteiger charge is 2.06. The summed E-state index contributed by atoms with van der Waals surface area (Å²) in [6.07, 6.45) is 0. The average molecular weight is 435 g/mol. The van der Waals surface area contributed by atoms with E-state index in [1.807, 2.05) is 43.3 Å². The molecule has 0 aliphatic rings. The van der Waals surface area contributed by atoms with Gasteiger partial charge in [-0.25, -0.2) is 0 Å². The molecule has 0 bridgehead atoms. The number of benzene rings is 2. The summed E-state index contributed by atoms with van der Waals surface area (Å²) in [6.45, 7) is 2.04. The minimum absolute atomic E-state index is 0.769. The second-order valence-electron chi connectivity index (χ2n) is 3.90. The van der Waals surface area contributed by atoms with Gasteiger partial charge >= 0.3 is 0 Å². The second kappa shape index (κ2) is 6.22. The molecule has 0 atom stereocenters. The molecule has 0 radical (unpaired) electrons. The van der Waals surface area contributed by atoms with Crippen LogP contribution in [0.1, 0.15) is 11.1 Å². The standard InChI is InChI=1S/C14H11Br3O/c1-9-6-12(4-5-13(9)17)18-14-7-11(16)3-2-10(14)8-15/h2-7H,8H2,1H3. The van der Waals surface area contributed by atoms with Crippen LogP contribution >= 0.6 is 47.8 Å². The van der Waals surface area contributed by atoms with Gasteiger partial charge < -0.3 is 4.74 Å². The fourth-order valence-corrected chi connectivity index (χ4v) is 2.59. The Kier molecular flexibility index (Phi) is 4.87. The second-order valence-corrected chi connectivity index (χ2v) is 6.23. The first-order valence-electron chi connectivity index (χ1n) is 5.38. The van der Waals surface area contributed by atoms with Crippen molar-refractivity contribution in [1.82, 2.24) is 0 Å². The number of aryl methyl sites for hydroxylation is 1.